The van der Waals surface area contributed by atoms with Gasteiger partial charge >= 0.3 is 17.3 Å². The van der Waals surface area contributed by atoms with Crippen LogP contribution in [0.5, 0.6) is 5.75 Å². The van der Waals surface area contributed by atoms with Gasteiger partial charge in [0.1, 0.15) is 10.6 Å². The Morgan fingerprint density at radius 2 is 1.39 bits per heavy atom. The maximum atomic E-state index is 13.1. The molecule has 1 saturated heterocycles. The van der Waals surface area contributed by atoms with Crippen LogP contribution in [0, 0.1) is 0 Å². The summed E-state index contributed by atoms with van der Waals surface area (Å²) in [5, 5.41) is 0. The molecule has 132 valence electrons. The third-order valence-electron chi connectivity index (χ3n) is 4.11. The van der Waals surface area contributed by atoms with Crippen molar-refractivity contribution in [2.45, 2.75) is 43.8 Å². The molecular weight excluding hydrogens is 342 g/mol. The van der Waals surface area contributed by atoms with Gasteiger partial charge in [-0.05, 0) is 45.3 Å². The Labute approximate surface area is 132 Å². The van der Waals surface area contributed by atoms with Gasteiger partial charge in [-0.25, -0.2) is 0 Å². The lowest BCUT2D eigenvalue weighted by Gasteiger charge is -2.40. The van der Waals surface area contributed by atoms with E-state index in [1.807, 2.05) is 0 Å². The van der Waals surface area contributed by atoms with Crippen LogP contribution in [0.1, 0.15) is 27.7 Å². The maximum Gasteiger partial charge on any atom is 0.495 e. The molecule has 0 unspecified atom stereocenters. The second kappa shape index (κ2) is 4.34. The Kier molecular flexibility index (Phi) is 3.46. The molecule has 3 nitrogen and oxygen atoms in total. The average molecular weight is 360 g/mol. The number of hydrogen-bond donors (Lipinski definition) is 0. The molecule has 2 rings (SSSR count). The van der Waals surface area contributed by atoms with Crippen molar-refractivity contribution >= 4 is 22.8 Å². The molecule has 0 bridgehead atoms. The molecule has 1 heterocycles. The first-order valence-electron chi connectivity index (χ1n) is 6.74. The van der Waals surface area contributed by atoms with Crippen molar-refractivity contribution in [3.8, 4) is 5.75 Å². The summed E-state index contributed by atoms with van der Waals surface area (Å²) >= 11 is 0. The maximum absolute atomic E-state index is 13.1. The molecule has 10 heteroatoms. The third-order valence-corrected chi connectivity index (χ3v) is 5.24. The summed E-state index contributed by atoms with van der Waals surface area (Å²) in [7, 11) is -9.95. The zero-order valence-electron chi connectivity index (χ0n) is 13.3. The fraction of sp³-hybridized carbons (Fsp3) is 0.538. The summed E-state index contributed by atoms with van der Waals surface area (Å²) in [5.41, 5.74) is -1.79. The molecule has 23 heavy (non-hydrogen) atoms. The number of hydrogen-bond acceptors (Lipinski definition) is 3. The van der Waals surface area contributed by atoms with Crippen molar-refractivity contribution in [2.75, 3.05) is 7.11 Å². The standard InChI is InChI=1S/C13H18BF5O3S/c1-12(2)13(3,4)22-14(21-12)9-6-10(20-5)8-11(7-9)23(15,16,17,18)19/h6-8H,1-5H3. The predicted octanol–water partition coefficient (Wildman–Crippen LogP) is 4.65. The molecule has 0 spiro atoms. The molecule has 0 atom stereocenters. The van der Waals surface area contributed by atoms with E-state index >= 15 is 0 Å². The summed E-state index contributed by atoms with van der Waals surface area (Å²) in [5.74, 6) is -0.347. The van der Waals surface area contributed by atoms with Crippen molar-refractivity contribution in [3.63, 3.8) is 0 Å². The van der Waals surface area contributed by atoms with Gasteiger partial charge in [0.15, 0.2) is 0 Å². The topological polar surface area (TPSA) is 27.7 Å². The highest BCUT2D eigenvalue weighted by Gasteiger charge is 2.66. The van der Waals surface area contributed by atoms with E-state index < -0.39 is 33.4 Å². The summed E-state index contributed by atoms with van der Waals surface area (Å²) in [6.07, 6.45) is 0. The van der Waals surface area contributed by atoms with Crippen LogP contribution in [0.2, 0.25) is 0 Å². The van der Waals surface area contributed by atoms with E-state index in [9.17, 15) is 19.4 Å². The van der Waals surface area contributed by atoms with Crippen LogP contribution in [0.4, 0.5) is 19.4 Å². The van der Waals surface area contributed by atoms with Crippen molar-refractivity contribution < 1.29 is 33.5 Å². The second-order valence-electron chi connectivity index (χ2n) is 6.50. The number of benzene rings is 1. The third kappa shape index (κ3) is 3.58. The molecule has 0 aromatic heterocycles. The Balaban J connectivity index is 2.55. The lowest BCUT2D eigenvalue weighted by molar-refractivity contribution is 0.00578. The number of ether oxygens (including phenoxy) is 1. The second-order valence-corrected chi connectivity index (χ2v) is 8.91. The summed E-state index contributed by atoms with van der Waals surface area (Å²) in [6.45, 7) is 6.83. The van der Waals surface area contributed by atoms with E-state index in [0.717, 1.165) is 7.11 Å². The zero-order chi connectivity index (χ0) is 18.0. The van der Waals surface area contributed by atoms with Crippen LogP contribution >= 0.6 is 10.2 Å². The lowest BCUT2D eigenvalue weighted by atomic mass is 9.79. The number of rotatable bonds is 3. The smallest absolute Gasteiger partial charge is 0.495 e. The lowest BCUT2D eigenvalue weighted by Crippen LogP contribution is -2.41. The first-order valence-corrected chi connectivity index (χ1v) is 8.69. The van der Waals surface area contributed by atoms with Gasteiger partial charge in [0.2, 0.25) is 0 Å². The normalized spacial score (nSPS) is 23.3. The van der Waals surface area contributed by atoms with E-state index in [1.54, 1.807) is 27.7 Å². The molecule has 0 saturated carbocycles. The minimum absolute atomic E-state index is 0.175. The Morgan fingerprint density at radius 3 is 1.78 bits per heavy atom. The molecule has 0 radical (unpaired) electrons. The molecule has 1 fully saturated rings. The van der Waals surface area contributed by atoms with Gasteiger partial charge in [0.05, 0.1) is 18.3 Å². The number of halogens is 5. The van der Waals surface area contributed by atoms with Gasteiger partial charge in [0, 0.05) is 6.07 Å². The van der Waals surface area contributed by atoms with Gasteiger partial charge in [0.25, 0.3) is 0 Å². The summed E-state index contributed by atoms with van der Waals surface area (Å²) in [4.78, 5) is -2.03. The van der Waals surface area contributed by atoms with Crippen molar-refractivity contribution in [3.05, 3.63) is 18.2 Å². The van der Waals surface area contributed by atoms with E-state index in [-0.39, 0.29) is 17.3 Å². The average Bonchev–Trinajstić information content (AvgIpc) is 2.55. The minimum Gasteiger partial charge on any atom is -0.497 e. The van der Waals surface area contributed by atoms with Gasteiger partial charge < -0.3 is 14.0 Å². The molecule has 1 aliphatic rings. The number of methoxy groups -OCH3 is 1. The highest BCUT2D eigenvalue weighted by atomic mass is 32.5. The molecule has 1 aromatic carbocycles. The van der Waals surface area contributed by atoms with Gasteiger partial charge in [-0.1, -0.05) is 19.4 Å². The zero-order valence-corrected chi connectivity index (χ0v) is 14.1. The Morgan fingerprint density at radius 1 is 0.913 bits per heavy atom. The summed E-state index contributed by atoms with van der Waals surface area (Å²) in [6, 6.07) is 1.82. The Bertz CT molecular complexity index is 629. The SMILES string of the molecule is COc1cc(B2OC(C)(C)C(C)(C)O2)cc(S(F)(F)(F)(F)F)c1. The highest BCUT2D eigenvalue weighted by molar-refractivity contribution is 8.45. The van der Waals surface area contributed by atoms with Gasteiger partial charge in [-0.15, -0.1) is 0 Å². The fourth-order valence-electron chi connectivity index (χ4n) is 2.05. The van der Waals surface area contributed by atoms with Gasteiger partial charge in [-0.2, -0.15) is 0 Å². The van der Waals surface area contributed by atoms with Crippen LogP contribution in [0.3, 0.4) is 0 Å². The van der Waals surface area contributed by atoms with Gasteiger partial charge in [-0.3, -0.25) is 0 Å². The van der Waals surface area contributed by atoms with Crippen LogP contribution in [0.15, 0.2) is 23.1 Å². The van der Waals surface area contributed by atoms with E-state index in [1.165, 1.54) is 6.07 Å². The Hall–Kier alpha value is -0.995. The van der Waals surface area contributed by atoms with Crippen LogP contribution in [0.25, 0.3) is 0 Å². The monoisotopic (exact) mass is 360 g/mol. The minimum atomic E-state index is -9.84. The van der Waals surface area contributed by atoms with Crippen molar-refractivity contribution in [1.82, 2.24) is 0 Å². The van der Waals surface area contributed by atoms with Crippen molar-refractivity contribution in [1.29, 1.82) is 0 Å². The molecular formula is C13H18BF5O3S. The van der Waals surface area contributed by atoms with E-state index in [4.69, 9.17) is 14.0 Å². The van der Waals surface area contributed by atoms with Crippen LogP contribution < -0.4 is 10.2 Å². The predicted molar refractivity (Wildman–Crippen MR) is 80.1 cm³/mol. The van der Waals surface area contributed by atoms with Crippen molar-refractivity contribution in [2.24, 2.45) is 0 Å². The molecule has 1 aromatic rings. The van der Waals surface area contributed by atoms with E-state index in [0.29, 0.717) is 6.07 Å². The summed E-state index contributed by atoms with van der Waals surface area (Å²) < 4.78 is 81.4. The molecule has 0 amide bonds. The molecule has 1 aliphatic heterocycles. The largest absolute Gasteiger partial charge is 0.497 e. The van der Waals surface area contributed by atoms with E-state index in [2.05, 4.69) is 0 Å². The van der Waals surface area contributed by atoms with Crippen LogP contribution in [-0.4, -0.2) is 25.4 Å². The fourth-order valence-corrected chi connectivity index (χ4v) is 2.75. The van der Waals surface area contributed by atoms with Crippen LogP contribution in [-0.2, 0) is 9.31 Å². The molecule has 0 aliphatic carbocycles. The first-order chi connectivity index (χ1) is 9.95. The highest BCUT2D eigenvalue weighted by Crippen LogP contribution is 3.02. The first kappa shape index (κ1) is 18.3. The quantitative estimate of drug-likeness (QED) is 0.580. The molecule has 0 N–H and O–H groups in total.